The fourth-order valence-corrected chi connectivity index (χ4v) is 7.22. The Bertz CT molecular complexity index is 1640. The van der Waals surface area contributed by atoms with E-state index in [1.54, 1.807) is 37.7 Å². The van der Waals surface area contributed by atoms with Gasteiger partial charge in [0.25, 0.3) is 5.56 Å². The number of methoxy groups -OCH3 is 1. The van der Waals surface area contributed by atoms with Gasteiger partial charge >= 0.3 is 5.97 Å². The van der Waals surface area contributed by atoms with Crippen LogP contribution in [0.5, 0.6) is 17.2 Å². The van der Waals surface area contributed by atoms with E-state index in [0.717, 1.165) is 19.4 Å². The van der Waals surface area contributed by atoms with Gasteiger partial charge in [-0.15, -0.1) is 0 Å². The van der Waals surface area contributed by atoms with Gasteiger partial charge in [-0.2, -0.15) is 0 Å². The summed E-state index contributed by atoms with van der Waals surface area (Å²) in [6.45, 7) is 10.0. The Kier molecular flexibility index (Phi) is 9.78. The zero-order chi connectivity index (χ0) is 29.1. The number of esters is 1. The number of carbonyl (C=O) groups is 1. The normalized spacial score (nSPS) is 15.1. The Morgan fingerprint density at radius 1 is 1.20 bits per heavy atom. The third-order valence-electron chi connectivity index (χ3n) is 5.99. The number of ether oxygens (including phenoxy) is 4. The summed E-state index contributed by atoms with van der Waals surface area (Å²) in [5, 5.41) is 0. The third-order valence-corrected chi connectivity index (χ3v) is 8.36. The highest BCUT2D eigenvalue weighted by atomic mass is 127. The van der Waals surface area contributed by atoms with Crippen molar-refractivity contribution in [3.05, 3.63) is 80.5 Å². The van der Waals surface area contributed by atoms with E-state index in [1.165, 1.54) is 11.3 Å². The second-order valence-electron chi connectivity index (χ2n) is 9.13. The van der Waals surface area contributed by atoms with Crippen LogP contribution in [0.25, 0.3) is 6.08 Å². The molecule has 0 spiro atoms. The number of thiazole rings is 1. The number of hydrogen-bond donors (Lipinski definition) is 0. The molecule has 1 aliphatic rings. The molecule has 0 radical (unpaired) electrons. The molecule has 2 aromatic carbocycles. The topological polar surface area (TPSA) is 88.4 Å². The average molecular weight is 741 g/mol. The van der Waals surface area contributed by atoms with Crippen LogP contribution in [0.3, 0.4) is 0 Å². The van der Waals surface area contributed by atoms with E-state index >= 15 is 0 Å². The van der Waals surface area contributed by atoms with E-state index in [-0.39, 0.29) is 18.3 Å². The molecule has 8 nitrogen and oxygen atoms in total. The van der Waals surface area contributed by atoms with Gasteiger partial charge in [0.1, 0.15) is 5.75 Å². The lowest BCUT2D eigenvalue weighted by molar-refractivity contribution is -0.139. The number of allylic oxidation sites excluding steroid dienone is 1. The molecule has 1 aliphatic heterocycles. The quantitative estimate of drug-likeness (QED) is 0.217. The Balaban J connectivity index is 1.93. The molecule has 0 unspecified atom stereocenters. The van der Waals surface area contributed by atoms with Crippen molar-refractivity contribution >= 4 is 61.9 Å². The predicted octanol–water partition coefficient (Wildman–Crippen LogP) is 5.36. The molecule has 3 aromatic rings. The summed E-state index contributed by atoms with van der Waals surface area (Å²) >= 11 is 7.07. The first-order chi connectivity index (χ1) is 19.1. The molecule has 11 heteroatoms. The van der Waals surface area contributed by atoms with Crippen molar-refractivity contribution in [1.29, 1.82) is 0 Å². The highest BCUT2D eigenvalue weighted by molar-refractivity contribution is 14.1. The summed E-state index contributed by atoms with van der Waals surface area (Å²) in [5.41, 5.74) is 2.05. The van der Waals surface area contributed by atoms with E-state index in [4.69, 9.17) is 18.9 Å². The predicted molar refractivity (Wildman–Crippen MR) is 167 cm³/mol. The monoisotopic (exact) mass is 740 g/mol. The summed E-state index contributed by atoms with van der Waals surface area (Å²) in [7, 11) is 1.56. The summed E-state index contributed by atoms with van der Waals surface area (Å²) in [5.74, 6) is 1.31. The molecule has 0 saturated carbocycles. The molecule has 2 heterocycles. The number of fused-ring (bicyclic) bond motifs is 1. The molecule has 40 heavy (non-hydrogen) atoms. The van der Waals surface area contributed by atoms with Crippen molar-refractivity contribution in [1.82, 2.24) is 4.57 Å². The first-order valence-corrected chi connectivity index (χ1v) is 15.4. The molecule has 4 rings (SSSR count). The average Bonchev–Trinajstić information content (AvgIpc) is 3.19. The summed E-state index contributed by atoms with van der Waals surface area (Å²) in [6.07, 6.45) is 1.77. The van der Waals surface area contributed by atoms with Crippen molar-refractivity contribution in [2.75, 3.05) is 20.3 Å². The fraction of sp³-hybridized carbons (Fsp3) is 0.345. The number of benzene rings is 2. The van der Waals surface area contributed by atoms with Crippen LogP contribution in [0.4, 0.5) is 0 Å². The van der Waals surface area contributed by atoms with Gasteiger partial charge in [0.05, 0.1) is 56.3 Å². The molecule has 1 atom stereocenters. The Morgan fingerprint density at radius 2 is 1.95 bits per heavy atom. The van der Waals surface area contributed by atoms with E-state index in [0.29, 0.717) is 44.3 Å². The molecular weight excluding hydrogens is 711 g/mol. The maximum atomic E-state index is 14.0. The Labute approximate surface area is 258 Å². The van der Waals surface area contributed by atoms with Crippen LogP contribution in [0.1, 0.15) is 51.8 Å². The molecule has 0 bridgehead atoms. The number of nitrogens with zero attached hydrogens (tertiary/aromatic N) is 2. The summed E-state index contributed by atoms with van der Waals surface area (Å²) < 4.78 is 26.4. The van der Waals surface area contributed by atoms with Crippen molar-refractivity contribution in [2.45, 2.75) is 46.8 Å². The minimum Gasteiger partial charge on any atom is -0.493 e. The molecule has 0 amide bonds. The highest BCUT2D eigenvalue weighted by Crippen LogP contribution is 2.37. The lowest BCUT2D eigenvalue weighted by Crippen LogP contribution is -2.40. The minimum absolute atomic E-state index is 0.0552. The third kappa shape index (κ3) is 6.15. The highest BCUT2D eigenvalue weighted by Gasteiger charge is 2.34. The first kappa shape index (κ1) is 30.3. The first-order valence-electron chi connectivity index (χ1n) is 12.8. The number of aromatic nitrogens is 1. The number of halogens is 2. The standard InChI is InChI=1S/C29H30BrIN2O6S/c1-7-37-26-19(30)11-17(12-20(26)31)13-23-27(34)33-25(18-9-10-21(39-15(3)4)22(14-18)36-6)24(28(35)38-8-2)16(5)32-29(33)40-23/h9-15,25H,7-8H2,1-6H3/b23-13-/t25-/m0/s1. The molecular formula is C29H30BrIN2O6S. The van der Waals surface area contributed by atoms with Crippen LogP contribution < -0.4 is 29.1 Å². The fourth-order valence-electron chi connectivity index (χ4n) is 4.41. The zero-order valence-corrected chi connectivity index (χ0v) is 27.6. The van der Waals surface area contributed by atoms with E-state index < -0.39 is 12.0 Å². The van der Waals surface area contributed by atoms with Crippen molar-refractivity contribution in [3.8, 4) is 17.2 Å². The van der Waals surface area contributed by atoms with Gasteiger partial charge in [0.15, 0.2) is 16.3 Å². The van der Waals surface area contributed by atoms with Crippen molar-refractivity contribution in [3.63, 3.8) is 0 Å². The zero-order valence-electron chi connectivity index (χ0n) is 23.0. The summed E-state index contributed by atoms with van der Waals surface area (Å²) in [6, 6.07) is 8.54. The minimum atomic E-state index is -0.758. The van der Waals surface area contributed by atoms with Gasteiger partial charge < -0.3 is 18.9 Å². The molecule has 1 aromatic heterocycles. The van der Waals surface area contributed by atoms with Crippen LogP contribution in [0, 0.1) is 3.57 Å². The van der Waals surface area contributed by atoms with Gasteiger partial charge in [0.2, 0.25) is 0 Å². The second kappa shape index (κ2) is 12.9. The van der Waals surface area contributed by atoms with Gasteiger partial charge in [0, 0.05) is 0 Å². The van der Waals surface area contributed by atoms with Crippen molar-refractivity contribution in [2.24, 2.45) is 4.99 Å². The van der Waals surface area contributed by atoms with Crippen LogP contribution in [0.15, 0.2) is 55.9 Å². The van der Waals surface area contributed by atoms with Crippen LogP contribution >= 0.6 is 49.9 Å². The largest absolute Gasteiger partial charge is 0.493 e. The molecule has 0 N–H and O–H groups in total. The van der Waals surface area contributed by atoms with Crippen LogP contribution in [-0.4, -0.2) is 37.0 Å². The van der Waals surface area contributed by atoms with Crippen LogP contribution in [0.2, 0.25) is 0 Å². The lowest BCUT2D eigenvalue weighted by atomic mass is 9.95. The van der Waals surface area contributed by atoms with Gasteiger partial charge in [-0.1, -0.05) is 17.4 Å². The number of hydrogen-bond acceptors (Lipinski definition) is 8. The van der Waals surface area contributed by atoms with E-state index in [9.17, 15) is 9.59 Å². The lowest BCUT2D eigenvalue weighted by Gasteiger charge is -2.25. The van der Waals surface area contributed by atoms with Gasteiger partial charge in [-0.3, -0.25) is 9.36 Å². The molecule has 0 fully saturated rings. The van der Waals surface area contributed by atoms with E-state index in [1.807, 2.05) is 45.0 Å². The molecule has 0 saturated heterocycles. The number of rotatable bonds is 9. The van der Waals surface area contributed by atoms with E-state index in [2.05, 4.69) is 43.5 Å². The summed E-state index contributed by atoms with van der Waals surface area (Å²) in [4.78, 5) is 32.3. The van der Waals surface area contributed by atoms with Crippen molar-refractivity contribution < 1.29 is 23.7 Å². The van der Waals surface area contributed by atoms with Gasteiger partial charge in [-0.25, -0.2) is 9.79 Å². The maximum absolute atomic E-state index is 14.0. The van der Waals surface area contributed by atoms with Crippen LogP contribution in [-0.2, 0) is 9.53 Å². The second-order valence-corrected chi connectivity index (χ2v) is 12.2. The smallest absolute Gasteiger partial charge is 0.338 e. The maximum Gasteiger partial charge on any atom is 0.338 e. The Hall–Kier alpha value is -2.64. The molecule has 212 valence electrons. The van der Waals surface area contributed by atoms with Gasteiger partial charge in [-0.05, 0) is 115 Å². The molecule has 0 aliphatic carbocycles. The number of carbonyl (C=O) groups excluding carboxylic acids is 1. The Morgan fingerprint density at radius 3 is 2.58 bits per heavy atom. The SMILES string of the molecule is CCOC(=O)C1=C(C)N=c2s/c(=C\c3cc(Br)c(OCC)c(I)c3)c(=O)n2[C@H]1c1ccc(OC(C)C)c(OC)c1.